The van der Waals surface area contributed by atoms with E-state index in [2.05, 4.69) is 203 Å². The summed E-state index contributed by atoms with van der Waals surface area (Å²) in [6.07, 6.45) is 0. The van der Waals surface area contributed by atoms with Crippen molar-refractivity contribution in [2.45, 2.75) is 0 Å². The highest BCUT2D eigenvalue weighted by Gasteiger charge is 2.22. The minimum absolute atomic E-state index is 0.615. The van der Waals surface area contributed by atoms with Crippen molar-refractivity contribution in [2.75, 3.05) is 0 Å². The van der Waals surface area contributed by atoms with Crippen molar-refractivity contribution in [1.82, 2.24) is 24.1 Å². The van der Waals surface area contributed by atoms with Crippen molar-refractivity contribution in [3.05, 3.63) is 212 Å². The average molecular weight is 822 g/mol. The highest BCUT2D eigenvalue weighted by atomic mass is 32.1. The summed E-state index contributed by atoms with van der Waals surface area (Å²) >= 11 is 1.80. The van der Waals surface area contributed by atoms with Crippen LogP contribution in [0, 0.1) is 0 Å². The molecule has 4 aromatic heterocycles. The summed E-state index contributed by atoms with van der Waals surface area (Å²) in [4.78, 5) is 15.9. The first-order valence-electron chi connectivity index (χ1n) is 21.2. The maximum atomic E-state index is 5.39. The summed E-state index contributed by atoms with van der Waals surface area (Å²) < 4.78 is 7.26. The lowest BCUT2D eigenvalue weighted by molar-refractivity contribution is 1.07. The number of thiophene rings is 1. The molecule has 9 aromatic carbocycles. The maximum absolute atomic E-state index is 5.39. The minimum Gasteiger partial charge on any atom is -0.309 e. The van der Waals surface area contributed by atoms with Gasteiger partial charge in [0.25, 0.3) is 0 Å². The molecule has 0 bridgehead atoms. The molecule has 0 atom stereocenters. The van der Waals surface area contributed by atoms with Gasteiger partial charge in [0.15, 0.2) is 17.5 Å². The Bertz CT molecular complexity index is 3920. The average Bonchev–Trinajstić information content (AvgIpc) is 4.01. The summed E-state index contributed by atoms with van der Waals surface area (Å²) in [5.41, 5.74) is 11.8. The van der Waals surface area contributed by atoms with Crippen LogP contribution in [0.5, 0.6) is 0 Å². The SMILES string of the molecule is c1ccc(-c2ccc3c4ccccc4n(-c4ccc5c6ccccc6n(-c6ccccc6-c6nc(-c7ccccc7)nc(-c7cccc8sc9ccccc9c78)n6)c5c4)c3c2)cc1. The summed E-state index contributed by atoms with van der Waals surface area (Å²) in [6.45, 7) is 0. The number of benzene rings is 9. The van der Waals surface area contributed by atoms with Gasteiger partial charge in [-0.2, -0.15) is 0 Å². The molecule has 13 aromatic rings. The molecule has 0 saturated heterocycles. The molecule has 0 aliphatic carbocycles. The smallest absolute Gasteiger partial charge is 0.166 e. The molecule has 0 aliphatic rings. The summed E-state index contributed by atoms with van der Waals surface area (Å²) in [7, 11) is 0. The maximum Gasteiger partial charge on any atom is 0.166 e. The Hall–Kier alpha value is -8.19. The van der Waals surface area contributed by atoms with E-state index in [1.165, 1.54) is 63.9 Å². The van der Waals surface area contributed by atoms with Gasteiger partial charge in [-0.1, -0.05) is 158 Å². The number of rotatable bonds is 6. The largest absolute Gasteiger partial charge is 0.309 e. The third-order valence-corrected chi connectivity index (χ3v) is 13.5. The van der Waals surface area contributed by atoms with Crippen molar-refractivity contribution in [1.29, 1.82) is 0 Å². The zero-order chi connectivity index (χ0) is 41.4. The summed E-state index contributed by atoms with van der Waals surface area (Å²) in [6, 6.07) is 75.6. The number of para-hydroxylation sites is 3. The van der Waals surface area contributed by atoms with Gasteiger partial charge in [-0.15, -0.1) is 11.3 Å². The number of hydrogen-bond acceptors (Lipinski definition) is 4. The molecule has 0 aliphatic heterocycles. The van der Waals surface area contributed by atoms with Gasteiger partial charge in [0.05, 0.1) is 27.8 Å². The second-order valence-corrected chi connectivity index (χ2v) is 17.1. The van der Waals surface area contributed by atoms with Crippen LogP contribution in [0.2, 0.25) is 0 Å². The van der Waals surface area contributed by atoms with E-state index in [0.717, 1.165) is 39.1 Å². The van der Waals surface area contributed by atoms with Crippen LogP contribution in [0.4, 0.5) is 0 Å². The fourth-order valence-electron chi connectivity index (χ4n) is 9.57. The van der Waals surface area contributed by atoms with Crippen molar-refractivity contribution in [3.63, 3.8) is 0 Å². The first kappa shape index (κ1) is 35.6. The van der Waals surface area contributed by atoms with Gasteiger partial charge < -0.3 is 9.13 Å². The molecule has 4 heterocycles. The van der Waals surface area contributed by atoms with Gasteiger partial charge in [0.1, 0.15) is 0 Å². The minimum atomic E-state index is 0.615. The lowest BCUT2D eigenvalue weighted by atomic mass is 10.0. The van der Waals surface area contributed by atoms with Crippen LogP contribution in [-0.2, 0) is 0 Å². The zero-order valence-electron chi connectivity index (χ0n) is 33.9. The molecule has 0 fully saturated rings. The van der Waals surface area contributed by atoms with E-state index in [1.807, 2.05) is 18.2 Å². The highest BCUT2D eigenvalue weighted by molar-refractivity contribution is 7.25. The first-order valence-corrected chi connectivity index (χ1v) is 22.0. The third-order valence-electron chi connectivity index (χ3n) is 12.4. The Labute approximate surface area is 366 Å². The standard InChI is InChI=1S/C57H35N5S/c1-3-16-36(17-4-1)38-30-32-42-40-20-7-11-25-47(40)61(50(42)34-38)39-31-33-43-41-21-8-12-26-48(41)62(51(43)35-39)49-27-13-9-22-44(49)56-58-55(37-18-5-2-6-19-37)59-57(60-56)46-24-15-29-53-54(46)45-23-10-14-28-52(45)63-53/h1-35H. The summed E-state index contributed by atoms with van der Waals surface area (Å²) in [5, 5.41) is 7.18. The first-order chi connectivity index (χ1) is 31.2. The van der Waals surface area contributed by atoms with Crippen molar-refractivity contribution < 1.29 is 0 Å². The van der Waals surface area contributed by atoms with E-state index < -0.39 is 0 Å². The van der Waals surface area contributed by atoms with E-state index in [9.17, 15) is 0 Å². The number of nitrogens with zero attached hydrogens (tertiary/aromatic N) is 5. The van der Waals surface area contributed by atoms with Crippen LogP contribution < -0.4 is 0 Å². The number of fused-ring (bicyclic) bond motifs is 9. The predicted molar refractivity (Wildman–Crippen MR) is 263 cm³/mol. The van der Waals surface area contributed by atoms with E-state index >= 15 is 0 Å². The lowest BCUT2D eigenvalue weighted by Gasteiger charge is -2.15. The highest BCUT2D eigenvalue weighted by Crippen LogP contribution is 2.42. The molecule has 0 spiro atoms. The lowest BCUT2D eigenvalue weighted by Crippen LogP contribution is -2.04. The van der Waals surface area contributed by atoms with E-state index in [4.69, 9.17) is 15.0 Å². The Morgan fingerprint density at radius 1 is 0.317 bits per heavy atom. The van der Waals surface area contributed by atoms with Crippen molar-refractivity contribution >= 4 is 75.1 Å². The van der Waals surface area contributed by atoms with Crippen molar-refractivity contribution in [2.24, 2.45) is 0 Å². The van der Waals surface area contributed by atoms with Crippen molar-refractivity contribution in [3.8, 4) is 56.7 Å². The zero-order valence-corrected chi connectivity index (χ0v) is 34.7. The molecule has 294 valence electrons. The van der Waals surface area contributed by atoms with Gasteiger partial charge in [-0.3, -0.25) is 0 Å². The molecular weight excluding hydrogens is 787 g/mol. The van der Waals surface area contributed by atoms with E-state index in [0.29, 0.717) is 17.5 Å². The van der Waals surface area contributed by atoms with Crippen LogP contribution >= 0.6 is 11.3 Å². The molecule has 0 saturated carbocycles. The Morgan fingerprint density at radius 2 is 0.857 bits per heavy atom. The van der Waals surface area contributed by atoms with Gasteiger partial charge >= 0.3 is 0 Å². The van der Waals surface area contributed by atoms with Crippen LogP contribution in [0.25, 0.3) is 120 Å². The summed E-state index contributed by atoms with van der Waals surface area (Å²) in [5.74, 6) is 1.89. The molecule has 0 unspecified atom stereocenters. The molecule has 63 heavy (non-hydrogen) atoms. The van der Waals surface area contributed by atoms with Gasteiger partial charge in [-0.25, -0.2) is 15.0 Å². The second kappa shape index (κ2) is 14.2. The Kier molecular flexibility index (Phi) is 8.01. The fraction of sp³-hybridized carbons (Fsp3) is 0. The molecule has 0 N–H and O–H groups in total. The third kappa shape index (κ3) is 5.66. The molecule has 13 rings (SSSR count). The molecule has 6 heteroatoms. The second-order valence-electron chi connectivity index (χ2n) is 16.0. The van der Waals surface area contributed by atoms with Gasteiger partial charge in [0, 0.05) is 64.1 Å². The monoisotopic (exact) mass is 821 g/mol. The Morgan fingerprint density at radius 3 is 1.63 bits per heavy atom. The fourth-order valence-corrected chi connectivity index (χ4v) is 10.7. The molecule has 0 amide bonds. The molecular formula is C57H35N5S. The van der Waals surface area contributed by atoms with Crippen LogP contribution in [-0.4, -0.2) is 24.1 Å². The van der Waals surface area contributed by atoms with Crippen LogP contribution in [0.3, 0.4) is 0 Å². The van der Waals surface area contributed by atoms with Gasteiger partial charge in [0.2, 0.25) is 0 Å². The van der Waals surface area contributed by atoms with Crippen LogP contribution in [0.1, 0.15) is 0 Å². The topological polar surface area (TPSA) is 48.5 Å². The van der Waals surface area contributed by atoms with Gasteiger partial charge in [-0.05, 0) is 65.7 Å². The van der Waals surface area contributed by atoms with E-state index in [1.54, 1.807) is 11.3 Å². The number of hydrogen-bond donors (Lipinski definition) is 0. The molecule has 0 radical (unpaired) electrons. The van der Waals surface area contributed by atoms with Crippen LogP contribution in [0.15, 0.2) is 212 Å². The van der Waals surface area contributed by atoms with E-state index in [-0.39, 0.29) is 0 Å². The molecule has 5 nitrogen and oxygen atoms in total. The normalized spacial score (nSPS) is 11.8. The quantitative estimate of drug-likeness (QED) is 0.168. The predicted octanol–water partition coefficient (Wildman–Crippen LogP) is 15.1. The number of aromatic nitrogens is 5. The Balaban J connectivity index is 1.06.